The quantitative estimate of drug-likeness (QED) is 0.430. The average molecular weight is 537 g/mol. The summed E-state index contributed by atoms with van der Waals surface area (Å²) in [6.45, 7) is 3.05. The number of aromatic hydroxyl groups is 2. The van der Waals surface area contributed by atoms with Gasteiger partial charge in [0.25, 0.3) is 0 Å². The Bertz CT molecular complexity index is 1590. The van der Waals surface area contributed by atoms with Crippen molar-refractivity contribution in [2.75, 3.05) is 0 Å². The summed E-state index contributed by atoms with van der Waals surface area (Å²) in [7, 11) is -4.15. The number of ether oxygens (including phenoxy) is 1. The summed E-state index contributed by atoms with van der Waals surface area (Å²) >= 11 is 0. The number of nitrogens with zero attached hydrogens (tertiary/aromatic N) is 2. The molecule has 0 amide bonds. The van der Waals surface area contributed by atoms with Crippen LogP contribution in [0.4, 0.5) is 17.6 Å². The lowest BCUT2D eigenvalue weighted by Gasteiger charge is -2.30. The van der Waals surface area contributed by atoms with E-state index < -0.39 is 62.1 Å². The second-order valence-corrected chi connectivity index (χ2v) is 11.1. The van der Waals surface area contributed by atoms with Crippen molar-refractivity contribution < 1.29 is 40.9 Å². The van der Waals surface area contributed by atoms with E-state index in [4.69, 9.17) is 10.00 Å². The smallest absolute Gasteiger partial charge is 0.417 e. The van der Waals surface area contributed by atoms with Crippen LogP contribution in [0.3, 0.4) is 0 Å². The zero-order chi connectivity index (χ0) is 27.1. The Hall–Kier alpha value is -3.60. The maximum absolute atomic E-state index is 13.5. The summed E-state index contributed by atoms with van der Waals surface area (Å²) in [6.07, 6.45) is -4.85. The molecule has 3 N–H and O–H groups in total. The predicted octanol–water partition coefficient (Wildman–Crippen LogP) is 4.13. The fourth-order valence-corrected chi connectivity index (χ4v) is 6.65. The molecule has 8 nitrogen and oxygen atoms in total. The van der Waals surface area contributed by atoms with Gasteiger partial charge in [-0.2, -0.15) is 18.4 Å². The predicted molar refractivity (Wildman–Crippen MR) is 120 cm³/mol. The van der Waals surface area contributed by atoms with Gasteiger partial charge in [0, 0.05) is 6.42 Å². The fourth-order valence-electron chi connectivity index (χ4n) is 5.33. The van der Waals surface area contributed by atoms with Gasteiger partial charge in [0.05, 0.1) is 50.5 Å². The fraction of sp³-hybridized carbons (Fsp3) is 0.292. The molecule has 1 fully saturated rings. The van der Waals surface area contributed by atoms with E-state index in [0.29, 0.717) is 6.07 Å². The number of hydrogen-bond donors (Lipinski definition) is 3. The maximum atomic E-state index is 13.5. The number of rotatable bonds is 4. The summed E-state index contributed by atoms with van der Waals surface area (Å²) in [4.78, 5) is -0.201. The first-order chi connectivity index (χ1) is 17.1. The minimum atomic E-state index is -4.87. The molecule has 2 aromatic carbocycles. The van der Waals surface area contributed by atoms with Crippen LogP contribution >= 0.6 is 0 Å². The molecule has 0 saturated carbocycles. The molecule has 2 aliphatic heterocycles. The summed E-state index contributed by atoms with van der Waals surface area (Å²) in [5, 5.41) is 31.2. The molecule has 3 aromatic rings. The van der Waals surface area contributed by atoms with E-state index in [2.05, 4.69) is 4.72 Å². The molecule has 1 saturated heterocycles. The Morgan fingerprint density at radius 1 is 1.11 bits per heavy atom. The number of nitrogens with one attached hydrogen (secondary N) is 1. The number of aromatic nitrogens is 1. The Morgan fingerprint density at radius 2 is 1.73 bits per heavy atom. The molecule has 194 valence electrons. The van der Waals surface area contributed by atoms with E-state index in [0.717, 1.165) is 41.0 Å². The molecule has 0 unspecified atom stereocenters. The first-order valence-corrected chi connectivity index (χ1v) is 12.4. The number of hydrogen-bond acceptors (Lipinski definition) is 6. The highest BCUT2D eigenvalue weighted by Gasteiger charge is 2.65. The summed E-state index contributed by atoms with van der Waals surface area (Å²) in [5.41, 5.74) is -4.82. The van der Waals surface area contributed by atoms with Crippen molar-refractivity contribution in [2.45, 2.75) is 48.6 Å². The number of fused-ring (bicyclic) bond motifs is 5. The van der Waals surface area contributed by atoms with Gasteiger partial charge < -0.3 is 14.9 Å². The highest BCUT2D eigenvalue weighted by molar-refractivity contribution is 7.89. The second-order valence-electron chi connectivity index (χ2n) is 9.34. The standard InChI is InChI=1S/C24H19F4N3O5S/c1-22-10-17(30-37(34,35)15-7-4-13(25)5-8-15)23(2,36-22)19-18(22)20(32)31(21(19)33)14-6-3-12(11-29)16(9-14)24(26,27)28/h3-9,17,30,32-33H,10H2,1-2H3/t17-,22-,23+/m1/s1. The lowest BCUT2D eigenvalue weighted by atomic mass is 9.77. The minimum absolute atomic E-state index is 0.0171. The summed E-state index contributed by atoms with van der Waals surface area (Å²) in [6, 6.07) is 7.38. The largest absolute Gasteiger partial charge is 0.494 e. The molecule has 5 rings (SSSR count). The third kappa shape index (κ3) is 3.58. The van der Waals surface area contributed by atoms with Gasteiger partial charge in [0.15, 0.2) is 0 Å². The number of alkyl halides is 3. The van der Waals surface area contributed by atoms with Crippen LogP contribution in [-0.4, -0.2) is 29.2 Å². The first-order valence-electron chi connectivity index (χ1n) is 10.9. The Morgan fingerprint density at radius 3 is 2.32 bits per heavy atom. The van der Waals surface area contributed by atoms with Crippen molar-refractivity contribution in [1.82, 2.24) is 9.29 Å². The maximum Gasteiger partial charge on any atom is 0.417 e. The molecule has 0 spiro atoms. The van der Waals surface area contributed by atoms with Gasteiger partial charge in [0.1, 0.15) is 11.4 Å². The van der Waals surface area contributed by atoms with Gasteiger partial charge in [0.2, 0.25) is 21.8 Å². The van der Waals surface area contributed by atoms with Gasteiger partial charge in [-0.1, -0.05) is 0 Å². The van der Waals surface area contributed by atoms with Gasteiger partial charge >= 0.3 is 6.18 Å². The van der Waals surface area contributed by atoms with Gasteiger partial charge in [-0.25, -0.2) is 17.5 Å². The van der Waals surface area contributed by atoms with E-state index in [1.54, 1.807) is 6.92 Å². The lowest BCUT2D eigenvalue weighted by Crippen LogP contribution is -2.46. The molecule has 13 heteroatoms. The molecule has 1 aromatic heterocycles. The molecule has 3 atom stereocenters. The van der Waals surface area contributed by atoms with Crippen LogP contribution in [0.25, 0.3) is 5.69 Å². The number of halogens is 4. The molecule has 0 radical (unpaired) electrons. The Balaban J connectivity index is 1.60. The van der Waals surface area contributed by atoms with E-state index in [9.17, 15) is 36.2 Å². The van der Waals surface area contributed by atoms with Crippen LogP contribution in [0.15, 0.2) is 47.4 Å². The van der Waals surface area contributed by atoms with E-state index in [1.807, 2.05) is 0 Å². The third-order valence-corrected chi connectivity index (χ3v) is 8.44. The zero-order valence-electron chi connectivity index (χ0n) is 19.3. The SMILES string of the molecule is C[C@]12C[C@@H](NS(=O)(=O)c3ccc(F)cc3)[C@](C)(O1)c1c2c(O)n(-c2ccc(C#N)c(C(F)(F)F)c2)c1O. The molecular formula is C24H19F4N3O5S. The molecule has 0 aliphatic carbocycles. The topological polar surface area (TPSA) is 125 Å². The van der Waals surface area contributed by atoms with Crippen LogP contribution in [0, 0.1) is 17.1 Å². The van der Waals surface area contributed by atoms with Crippen molar-refractivity contribution in [3.8, 4) is 23.5 Å². The molecular weight excluding hydrogens is 518 g/mol. The van der Waals surface area contributed by atoms with E-state index in [1.165, 1.54) is 13.0 Å². The van der Waals surface area contributed by atoms with Gasteiger partial charge in [-0.15, -0.1) is 0 Å². The number of sulfonamides is 1. The first kappa shape index (κ1) is 25.1. The highest BCUT2D eigenvalue weighted by atomic mass is 32.2. The molecule has 37 heavy (non-hydrogen) atoms. The number of benzene rings is 2. The van der Waals surface area contributed by atoms with Crippen LogP contribution in [0.1, 0.15) is 42.5 Å². The second kappa shape index (κ2) is 7.70. The van der Waals surface area contributed by atoms with Gasteiger partial charge in [-0.3, -0.25) is 4.57 Å². The molecule has 2 aliphatic rings. The van der Waals surface area contributed by atoms with E-state index >= 15 is 0 Å². The Labute approximate surface area is 208 Å². The van der Waals surface area contributed by atoms with E-state index in [-0.39, 0.29) is 28.1 Å². The zero-order valence-corrected chi connectivity index (χ0v) is 20.1. The lowest BCUT2D eigenvalue weighted by molar-refractivity contribution is -0.137. The summed E-state index contributed by atoms with van der Waals surface area (Å²) < 4.78 is 89.2. The van der Waals surface area contributed by atoms with Crippen molar-refractivity contribution in [3.05, 3.63) is 70.5 Å². The van der Waals surface area contributed by atoms with Gasteiger partial charge in [-0.05, 0) is 56.3 Å². The normalized spacial score (nSPS) is 24.7. The van der Waals surface area contributed by atoms with Crippen molar-refractivity contribution >= 4 is 10.0 Å². The van der Waals surface area contributed by atoms with Crippen LogP contribution in [0.2, 0.25) is 0 Å². The van der Waals surface area contributed by atoms with Crippen molar-refractivity contribution in [3.63, 3.8) is 0 Å². The highest BCUT2D eigenvalue weighted by Crippen LogP contribution is 2.64. The molecule has 2 bridgehead atoms. The van der Waals surface area contributed by atoms with Crippen molar-refractivity contribution in [1.29, 1.82) is 5.26 Å². The van der Waals surface area contributed by atoms with Crippen LogP contribution in [-0.2, 0) is 32.1 Å². The minimum Gasteiger partial charge on any atom is -0.494 e. The average Bonchev–Trinajstić information content (AvgIpc) is 3.33. The Kier molecular flexibility index (Phi) is 5.22. The van der Waals surface area contributed by atoms with Crippen molar-refractivity contribution in [2.24, 2.45) is 0 Å². The number of nitriles is 1. The third-order valence-electron chi connectivity index (χ3n) is 6.95. The van der Waals surface area contributed by atoms with Crippen LogP contribution in [0.5, 0.6) is 11.8 Å². The monoisotopic (exact) mass is 537 g/mol. The summed E-state index contributed by atoms with van der Waals surface area (Å²) in [5.74, 6) is -1.83. The van der Waals surface area contributed by atoms with Crippen LogP contribution < -0.4 is 4.72 Å². The molecule has 3 heterocycles.